The largest absolute Gasteiger partial charge is 0.320 e. The first-order valence-corrected chi connectivity index (χ1v) is 8.44. The second-order valence-electron chi connectivity index (χ2n) is 6.09. The summed E-state index contributed by atoms with van der Waals surface area (Å²) in [5.74, 6) is -0.210. The van der Waals surface area contributed by atoms with E-state index >= 15 is 0 Å². The molecule has 4 heteroatoms. The summed E-state index contributed by atoms with van der Waals surface area (Å²) in [6, 6.07) is 17.4. The summed E-state index contributed by atoms with van der Waals surface area (Å²) in [5, 5.41) is 3.45. The third-order valence-electron chi connectivity index (χ3n) is 4.07. The summed E-state index contributed by atoms with van der Waals surface area (Å²) in [6.45, 7) is 5.74. The first-order valence-electron chi connectivity index (χ1n) is 8.07. The standard InChI is InChI=1S/C21H19ClN2O/c1-13-11-14(2)20(18(22)12-13)24-21(25)17-9-10-19(23-15(17)3)16-7-5-4-6-8-16/h4-12H,1-3H3,(H,24,25). The van der Waals surface area contributed by atoms with E-state index in [1.54, 1.807) is 6.07 Å². The van der Waals surface area contributed by atoms with E-state index < -0.39 is 0 Å². The molecule has 1 aromatic heterocycles. The number of benzene rings is 2. The third kappa shape index (κ3) is 3.72. The Hall–Kier alpha value is -2.65. The van der Waals surface area contributed by atoms with E-state index in [9.17, 15) is 4.79 Å². The molecule has 0 spiro atoms. The van der Waals surface area contributed by atoms with Crippen LogP contribution >= 0.6 is 11.6 Å². The number of hydrogen-bond donors (Lipinski definition) is 1. The van der Waals surface area contributed by atoms with Crippen LogP contribution in [0, 0.1) is 20.8 Å². The summed E-state index contributed by atoms with van der Waals surface area (Å²) < 4.78 is 0. The highest BCUT2D eigenvalue weighted by molar-refractivity contribution is 6.34. The number of halogens is 1. The van der Waals surface area contributed by atoms with Crippen LogP contribution in [-0.2, 0) is 0 Å². The highest BCUT2D eigenvalue weighted by Crippen LogP contribution is 2.28. The molecule has 0 bridgehead atoms. The van der Waals surface area contributed by atoms with E-state index in [1.807, 2.05) is 69.3 Å². The van der Waals surface area contributed by atoms with Gasteiger partial charge in [-0.25, -0.2) is 0 Å². The van der Waals surface area contributed by atoms with Crippen molar-refractivity contribution in [1.29, 1.82) is 0 Å². The monoisotopic (exact) mass is 350 g/mol. The molecule has 0 unspecified atom stereocenters. The average molecular weight is 351 g/mol. The fourth-order valence-corrected chi connectivity index (χ4v) is 3.19. The normalized spacial score (nSPS) is 10.6. The Morgan fingerprint density at radius 3 is 2.36 bits per heavy atom. The number of nitrogens with zero attached hydrogens (tertiary/aromatic N) is 1. The second-order valence-corrected chi connectivity index (χ2v) is 6.50. The molecule has 0 atom stereocenters. The number of carbonyl (C=O) groups is 1. The van der Waals surface area contributed by atoms with Gasteiger partial charge in [-0.05, 0) is 50.1 Å². The smallest absolute Gasteiger partial charge is 0.257 e. The molecule has 1 heterocycles. The number of pyridine rings is 1. The molecule has 0 radical (unpaired) electrons. The first kappa shape index (κ1) is 17.2. The number of anilines is 1. The fourth-order valence-electron chi connectivity index (χ4n) is 2.83. The number of amides is 1. The van der Waals surface area contributed by atoms with E-state index in [4.69, 9.17) is 11.6 Å². The van der Waals surface area contributed by atoms with Crippen LogP contribution in [0.5, 0.6) is 0 Å². The number of nitrogens with one attached hydrogen (secondary N) is 1. The summed E-state index contributed by atoms with van der Waals surface area (Å²) >= 11 is 6.28. The van der Waals surface area contributed by atoms with Gasteiger partial charge < -0.3 is 5.32 Å². The Bertz CT molecular complexity index is 913. The van der Waals surface area contributed by atoms with Crippen LogP contribution in [0.4, 0.5) is 5.69 Å². The van der Waals surface area contributed by atoms with Crippen LogP contribution in [0.2, 0.25) is 5.02 Å². The number of hydrogen-bond acceptors (Lipinski definition) is 2. The lowest BCUT2D eigenvalue weighted by atomic mass is 10.1. The van der Waals surface area contributed by atoms with Crippen molar-refractivity contribution < 1.29 is 4.79 Å². The molecule has 2 aromatic carbocycles. The molecule has 126 valence electrons. The molecule has 0 aliphatic rings. The van der Waals surface area contributed by atoms with Crippen molar-refractivity contribution in [3.05, 3.63) is 82.0 Å². The molecule has 0 saturated carbocycles. The van der Waals surface area contributed by atoms with Crippen molar-refractivity contribution in [2.75, 3.05) is 5.32 Å². The summed E-state index contributed by atoms with van der Waals surface area (Å²) in [4.78, 5) is 17.2. The third-order valence-corrected chi connectivity index (χ3v) is 4.37. The highest BCUT2D eigenvalue weighted by Gasteiger charge is 2.14. The zero-order valence-electron chi connectivity index (χ0n) is 14.4. The van der Waals surface area contributed by atoms with Gasteiger partial charge in [-0.15, -0.1) is 0 Å². The molecule has 3 rings (SSSR count). The van der Waals surface area contributed by atoms with Gasteiger partial charge in [-0.3, -0.25) is 9.78 Å². The highest BCUT2D eigenvalue weighted by atomic mass is 35.5. The Labute approximate surface area is 152 Å². The van der Waals surface area contributed by atoms with Crippen molar-refractivity contribution in [3.8, 4) is 11.3 Å². The van der Waals surface area contributed by atoms with Crippen molar-refractivity contribution in [2.24, 2.45) is 0 Å². The van der Waals surface area contributed by atoms with Crippen molar-refractivity contribution >= 4 is 23.2 Å². The van der Waals surface area contributed by atoms with E-state index in [-0.39, 0.29) is 5.91 Å². The Morgan fingerprint density at radius 2 is 1.72 bits per heavy atom. The van der Waals surface area contributed by atoms with Gasteiger partial charge in [0.2, 0.25) is 0 Å². The number of aromatic nitrogens is 1. The topological polar surface area (TPSA) is 42.0 Å². The zero-order chi connectivity index (χ0) is 18.0. The SMILES string of the molecule is Cc1cc(C)c(NC(=O)c2ccc(-c3ccccc3)nc2C)c(Cl)c1. The minimum absolute atomic E-state index is 0.210. The maximum absolute atomic E-state index is 12.7. The number of aryl methyl sites for hydroxylation is 3. The molecule has 0 aliphatic heterocycles. The molecule has 3 aromatic rings. The minimum atomic E-state index is -0.210. The van der Waals surface area contributed by atoms with Crippen molar-refractivity contribution in [3.63, 3.8) is 0 Å². The fraction of sp³-hybridized carbons (Fsp3) is 0.143. The van der Waals surface area contributed by atoms with Gasteiger partial charge in [0.25, 0.3) is 5.91 Å². The summed E-state index contributed by atoms with van der Waals surface area (Å²) in [6.07, 6.45) is 0. The maximum atomic E-state index is 12.7. The number of carbonyl (C=O) groups excluding carboxylic acids is 1. The predicted octanol–water partition coefficient (Wildman–Crippen LogP) is 5.58. The van der Waals surface area contributed by atoms with Gasteiger partial charge in [0.15, 0.2) is 0 Å². The molecule has 1 amide bonds. The molecule has 3 nitrogen and oxygen atoms in total. The lowest BCUT2D eigenvalue weighted by molar-refractivity contribution is 0.102. The van der Waals surface area contributed by atoms with E-state index in [1.165, 1.54) is 0 Å². The molecule has 0 saturated heterocycles. The maximum Gasteiger partial charge on any atom is 0.257 e. The average Bonchev–Trinajstić information content (AvgIpc) is 2.58. The Kier molecular flexibility index (Phi) is 4.86. The van der Waals surface area contributed by atoms with Gasteiger partial charge in [0.05, 0.1) is 27.7 Å². The molecule has 1 N–H and O–H groups in total. The van der Waals surface area contributed by atoms with Crippen LogP contribution in [-0.4, -0.2) is 10.9 Å². The molecular formula is C21H19ClN2O. The van der Waals surface area contributed by atoms with Gasteiger partial charge >= 0.3 is 0 Å². The second kappa shape index (κ2) is 7.08. The minimum Gasteiger partial charge on any atom is -0.320 e. The zero-order valence-corrected chi connectivity index (χ0v) is 15.2. The van der Waals surface area contributed by atoms with Gasteiger partial charge in [-0.1, -0.05) is 48.0 Å². The molecule has 25 heavy (non-hydrogen) atoms. The number of rotatable bonds is 3. The van der Waals surface area contributed by atoms with Crippen molar-refractivity contribution in [2.45, 2.75) is 20.8 Å². The predicted molar refractivity (Wildman–Crippen MR) is 103 cm³/mol. The van der Waals surface area contributed by atoms with Crippen LogP contribution in [0.1, 0.15) is 27.2 Å². The van der Waals surface area contributed by atoms with Crippen LogP contribution in [0.15, 0.2) is 54.6 Å². The van der Waals surface area contributed by atoms with E-state index in [0.29, 0.717) is 22.0 Å². The first-order chi connectivity index (χ1) is 12.0. The van der Waals surface area contributed by atoms with Gasteiger partial charge in [0, 0.05) is 5.56 Å². The molecular weight excluding hydrogens is 332 g/mol. The summed E-state index contributed by atoms with van der Waals surface area (Å²) in [7, 11) is 0. The van der Waals surface area contributed by atoms with Crippen LogP contribution in [0.3, 0.4) is 0 Å². The summed E-state index contributed by atoms with van der Waals surface area (Å²) in [5.41, 5.74) is 5.73. The Balaban J connectivity index is 1.89. The van der Waals surface area contributed by atoms with Gasteiger partial charge in [0.1, 0.15) is 0 Å². The van der Waals surface area contributed by atoms with Crippen LogP contribution in [0.25, 0.3) is 11.3 Å². The molecule has 0 fully saturated rings. The van der Waals surface area contributed by atoms with E-state index in [2.05, 4.69) is 10.3 Å². The quantitative estimate of drug-likeness (QED) is 0.670. The van der Waals surface area contributed by atoms with Gasteiger partial charge in [-0.2, -0.15) is 0 Å². The molecule has 0 aliphatic carbocycles. The van der Waals surface area contributed by atoms with Crippen LogP contribution < -0.4 is 5.32 Å². The van der Waals surface area contributed by atoms with E-state index in [0.717, 1.165) is 22.4 Å². The lowest BCUT2D eigenvalue weighted by Gasteiger charge is -2.13. The van der Waals surface area contributed by atoms with Crippen molar-refractivity contribution in [1.82, 2.24) is 4.98 Å². The lowest BCUT2D eigenvalue weighted by Crippen LogP contribution is -2.15. The Morgan fingerprint density at radius 1 is 1.00 bits per heavy atom.